The number of carbonyl (C=O) groups excluding carboxylic acids is 6. The van der Waals surface area contributed by atoms with Gasteiger partial charge in [0.25, 0.3) is 34.1 Å². The molecule has 2 aliphatic heterocycles. The number of imide groups is 2. The normalized spacial score (nSPS) is 13.8. The summed E-state index contributed by atoms with van der Waals surface area (Å²) in [6, 6.07) is 5.98. The molecule has 0 saturated carbocycles. The number of unbranched alkanes of at least 4 members (excludes halogenated alkanes) is 9. The van der Waals surface area contributed by atoms with Crippen LogP contribution in [0.2, 0.25) is 0 Å². The fraction of sp³-hybridized carbons (Fsp3) is 0.400. The van der Waals surface area contributed by atoms with Crippen molar-refractivity contribution >= 4 is 57.3 Å². The third kappa shape index (κ3) is 6.50. The summed E-state index contributed by atoms with van der Waals surface area (Å²) in [5, 5.41) is 3.29. The highest BCUT2D eigenvalue weighted by molar-refractivity contribution is 6.68. The van der Waals surface area contributed by atoms with Crippen molar-refractivity contribution in [2.75, 3.05) is 0 Å². The summed E-state index contributed by atoms with van der Waals surface area (Å²) in [5.74, 6) is -1.85. The van der Waals surface area contributed by atoms with Crippen molar-refractivity contribution in [1.82, 2.24) is 10.6 Å². The number of rotatable bonds is 15. The van der Waals surface area contributed by atoms with Crippen LogP contribution in [0.3, 0.4) is 0 Å². The zero-order chi connectivity index (χ0) is 28.8. The molecule has 0 aromatic heterocycles. The fourth-order valence-corrected chi connectivity index (χ4v) is 5.92. The van der Waals surface area contributed by atoms with Crippen molar-refractivity contribution in [3.8, 4) is 0 Å². The Morgan fingerprint density at radius 3 is 1.15 bits per heavy atom. The number of carbonyl (C=O) groups is 6. The summed E-state index contributed by atoms with van der Waals surface area (Å²) in [7, 11) is 0. The van der Waals surface area contributed by atoms with Gasteiger partial charge in [-0.25, -0.2) is 0 Å². The van der Waals surface area contributed by atoms with Crippen LogP contribution in [0.5, 0.6) is 0 Å². The van der Waals surface area contributed by atoms with Gasteiger partial charge >= 0.3 is 0 Å². The number of halogens is 2. The molecule has 4 amide bonds. The summed E-state index contributed by atoms with van der Waals surface area (Å²) in [5.41, 5.74) is 2.80. The maximum atomic E-state index is 12.2. The van der Waals surface area contributed by atoms with E-state index < -0.39 is 34.1 Å². The molecule has 0 bridgehead atoms. The van der Waals surface area contributed by atoms with E-state index in [1.165, 1.54) is 24.3 Å². The van der Waals surface area contributed by atoms with E-state index in [1.54, 1.807) is 0 Å². The van der Waals surface area contributed by atoms with Crippen molar-refractivity contribution in [2.45, 2.75) is 77.0 Å². The standard InChI is InChI=1S/C30H30Cl2N2O6/c31-25(35)19-13-15-21-23(29(39)33-27(21)37)17(19)11-9-7-5-3-1-2-4-6-8-10-12-18-20(26(32)36)14-16-22-24(18)30(40)34-28(22)38/h13-16H,1-12H2,(H,33,37,39)(H,34,38,40). The van der Waals surface area contributed by atoms with E-state index in [0.717, 1.165) is 64.2 Å². The molecule has 2 aliphatic rings. The molecular weight excluding hydrogens is 555 g/mol. The smallest absolute Gasteiger partial charge is 0.259 e. The summed E-state index contributed by atoms with van der Waals surface area (Å²) in [6.45, 7) is 0. The van der Waals surface area contributed by atoms with Crippen molar-refractivity contribution in [3.63, 3.8) is 0 Å². The Morgan fingerprint density at radius 2 is 0.825 bits per heavy atom. The topological polar surface area (TPSA) is 126 Å². The Bertz CT molecular complexity index is 1300. The van der Waals surface area contributed by atoms with E-state index >= 15 is 0 Å². The first-order chi connectivity index (χ1) is 19.2. The lowest BCUT2D eigenvalue weighted by atomic mass is 9.93. The van der Waals surface area contributed by atoms with Gasteiger partial charge in [0.2, 0.25) is 0 Å². The van der Waals surface area contributed by atoms with Gasteiger partial charge in [0, 0.05) is 11.1 Å². The Labute approximate surface area is 242 Å². The fourth-order valence-electron chi connectivity index (χ4n) is 5.56. The van der Waals surface area contributed by atoms with E-state index in [0.29, 0.717) is 35.1 Å². The molecule has 0 spiro atoms. The van der Waals surface area contributed by atoms with Gasteiger partial charge < -0.3 is 0 Å². The van der Waals surface area contributed by atoms with Crippen molar-refractivity contribution in [2.24, 2.45) is 0 Å². The predicted octanol–water partition coefficient (Wildman–Crippen LogP) is 5.90. The number of hydrogen-bond donors (Lipinski definition) is 2. The number of nitrogens with one attached hydrogen (secondary N) is 2. The summed E-state index contributed by atoms with van der Waals surface area (Å²) >= 11 is 11.4. The van der Waals surface area contributed by atoms with Crippen LogP contribution in [0, 0.1) is 0 Å². The molecule has 0 aliphatic carbocycles. The van der Waals surface area contributed by atoms with Crippen LogP contribution < -0.4 is 10.6 Å². The van der Waals surface area contributed by atoms with Crippen LogP contribution in [0.1, 0.15) is 137 Å². The van der Waals surface area contributed by atoms with Gasteiger partial charge in [-0.2, -0.15) is 0 Å². The van der Waals surface area contributed by atoms with Crippen molar-refractivity contribution in [3.05, 3.63) is 68.8 Å². The van der Waals surface area contributed by atoms with Crippen LogP contribution >= 0.6 is 23.2 Å². The molecule has 0 radical (unpaired) electrons. The van der Waals surface area contributed by atoms with Crippen LogP contribution in [0.25, 0.3) is 0 Å². The highest BCUT2D eigenvalue weighted by atomic mass is 35.5. The first-order valence-electron chi connectivity index (χ1n) is 13.6. The number of amides is 4. The molecule has 2 aromatic rings. The van der Waals surface area contributed by atoms with Gasteiger partial charge in [-0.05, 0) is 84.3 Å². The van der Waals surface area contributed by atoms with Gasteiger partial charge in [0.1, 0.15) is 0 Å². The van der Waals surface area contributed by atoms with Crippen molar-refractivity contribution in [1.29, 1.82) is 0 Å². The zero-order valence-corrected chi connectivity index (χ0v) is 23.5. The van der Waals surface area contributed by atoms with Crippen LogP contribution in [0.15, 0.2) is 24.3 Å². The number of hydrogen-bond acceptors (Lipinski definition) is 6. The second-order valence-electron chi connectivity index (χ2n) is 10.2. The van der Waals surface area contributed by atoms with Gasteiger partial charge in [-0.1, -0.05) is 51.4 Å². The molecule has 2 N–H and O–H groups in total. The molecule has 8 nitrogen and oxygen atoms in total. The second-order valence-corrected chi connectivity index (χ2v) is 10.9. The van der Waals surface area contributed by atoms with Crippen LogP contribution in [0.4, 0.5) is 0 Å². The molecule has 10 heteroatoms. The Hall–Kier alpha value is -3.36. The number of benzene rings is 2. The molecule has 0 unspecified atom stereocenters. The first kappa shape index (κ1) is 29.6. The molecule has 0 atom stereocenters. The average Bonchev–Trinajstić information content (AvgIpc) is 3.37. The third-order valence-corrected chi connectivity index (χ3v) is 7.96. The molecule has 0 saturated heterocycles. The van der Waals surface area contributed by atoms with Crippen LogP contribution in [-0.2, 0) is 12.8 Å². The predicted molar refractivity (Wildman–Crippen MR) is 150 cm³/mol. The highest BCUT2D eigenvalue weighted by Crippen LogP contribution is 2.28. The molecule has 210 valence electrons. The lowest BCUT2D eigenvalue weighted by Gasteiger charge is -2.10. The molecule has 2 aromatic carbocycles. The van der Waals surface area contributed by atoms with Gasteiger partial charge in [-0.3, -0.25) is 39.4 Å². The average molecular weight is 585 g/mol. The molecule has 2 heterocycles. The molecule has 40 heavy (non-hydrogen) atoms. The zero-order valence-electron chi connectivity index (χ0n) is 22.0. The lowest BCUT2D eigenvalue weighted by Crippen LogP contribution is -2.20. The Morgan fingerprint density at radius 1 is 0.500 bits per heavy atom. The maximum Gasteiger partial charge on any atom is 0.259 e. The summed E-state index contributed by atoms with van der Waals surface area (Å²) in [6.07, 6.45) is 10.9. The van der Waals surface area contributed by atoms with E-state index in [9.17, 15) is 28.8 Å². The lowest BCUT2D eigenvalue weighted by molar-refractivity contribution is 0.0862. The largest absolute Gasteiger partial charge is 0.288 e. The monoisotopic (exact) mass is 584 g/mol. The Kier molecular flexibility index (Phi) is 9.87. The SMILES string of the molecule is O=C(Cl)c1ccc2c(c1CCCCCCCCCCCCc1c(C(=O)Cl)ccc3c1C(=O)NC3=O)C(=O)NC2=O. The van der Waals surface area contributed by atoms with Crippen molar-refractivity contribution < 1.29 is 28.8 Å². The first-order valence-corrected chi connectivity index (χ1v) is 14.4. The quantitative estimate of drug-likeness (QED) is 0.152. The summed E-state index contributed by atoms with van der Waals surface area (Å²) in [4.78, 5) is 72.0. The second kappa shape index (κ2) is 13.3. The molecular formula is C30H30Cl2N2O6. The summed E-state index contributed by atoms with van der Waals surface area (Å²) < 4.78 is 0. The molecule has 4 rings (SSSR count). The minimum Gasteiger partial charge on any atom is -0.288 e. The maximum absolute atomic E-state index is 12.2. The third-order valence-electron chi connectivity index (χ3n) is 7.55. The molecule has 0 fully saturated rings. The van der Waals surface area contributed by atoms with E-state index in [1.807, 2.05) is 0 Å². The highest BCUT2D eigenvalue weighted by Gasteiger charge is 2.32. The van der Waals surface area contributed by atoms with Crippen LogP contribution in [-0.4, -0.2) is 34.1 Å². The Balaban J connectivity index is 1.13. The van der Waals surface area contributed by atoms with Gasteiger partial charge in [-0.15, -0.1) is 0 Å². The number of fused-ring (bicyclic) bond motifs is 2. The van der Waals surface area contributed by atoms with E-state index in [4.69, 9.17) is 23.2 Å². The minimum absolute atomic E-state index is 0.274. The minimum atomic E-state index is -0.633. The van der Waals surface area contributed by atoms with E-state index in [-0.39, 0.29) is 22.3 Å². The van der Waals surface area contributed by atoms with Gasteiger partial charge in [0.15, 0.2) is 0 Å². The van der Waals surface area contributed by atoms with E-state index in [2.05, 4.69) is 10.6 Å². The van der Waals surface area contributed by atoms with Gasteiger partial charge in [0.05, 0.1) is 22.3 Å².